The summed E-state index contributed by atoms with van der Waals surface area (Å²) in [6.45, 7) is 2.54. The fourth-order valence-corrected chi connectivity index (χ4v) is 3.21. The number of hydrogen-bond acceptors (Lipinski definition) is 3. The molecule has 2 rings (SSSR count). The zero-order valence-corrected chi connectivity index (χ0v) is 12.3. The van der Waals surface area contributed by atoms with Gasteiger partial charge >= 0.3 is 0 Å². The first kappa shape index (κ1) is 15.3. The Bertz CT molecular complexity index is 446. The number of hydrogen-bond donors (Lipinski definition) is 2. The lowest BCUT2D eigenvalue weighted by molar-refractivity contribution is 0.116. The highest BCUT2D eigenvalue weighted by atomic mass is 19.1. The minimum atomic E-state index is -0.316. The zero-order chi connectivity index (χ0) is 14.6. The molecule has 4 heteroatoms. The number of rotatable bonds is 6. The Morgan fingerprint density at radius 3 is 3.00 bits per heavy atom. The van der Waals surface area contributed by atoms with Crippen LogP contribution in [0.25, 0.3) is 0 Å². The SMILES string of the molecule is CNC1(CO)CCCC1CCOc1cc(C)ccc1F. The Hall–Kier alpha value is -1.13. The summed E-state index contributed by atoms with van der Waals surface area (Å²) in [4.78, 5) is 0. The molecule has 20 heavy (non-hydrogen) atoms. The zero-order valence-electron chi connectivity index (χ0n) is 12.3. The van der Waals surface area contributed by atoms with E-state index in [2.05, 4.69) is 5.32 Å². The molecule has 1 aliphatic rings. The van der Waals surface area contributed by atoms with Gasteiger partial charge in [0, 0.05) is 5.54 Å². The topological polar surface area (TPSA) is 41.5 Å². The van der Waals surface area contributed by atoms with Crippen LogP contribution >= 0.6 is 0 Å². The lowest BCUT2D eigenvalue weighted by Crippen LogP contribution is -2.49. The van der Waals surface area contributed by atoms with Crippen LogP contribution in [-0.2, 0) is 0 Å². The van der Waals surface area contributed by atoms with Gasteiger partial charge in [-0.1, -0.05) is 12.5 Å². The fourth-order valence-electron chi connectivity index (χ4n) is 3.21. The number of aliphatic hydroxyl groups is 1. The van der Waals surface area contributed by atoms with Crippen molar-refractivity contribution in [2.45, 2.75) is 38.1 Å². The molecule has 0 saturated heterocycles. The van der Waals surface area contributed by atoms with E-state index in [-0.39, 0.29) is 18.0 Å². The molecule has 3 nitrogen and oxygen atoms in total. The van der Waals surface area contributed by atoms with E-state index in [1.165, 1.54) is 6.07 Å². The maximum atomic E-state index is 13.6. The first-order valence-corrected chi connectivity index (χ1v) is 7.30. The number of benzene rings is 1. The van der Waals surface area contributed by atoms with Crippen LogP contribution < -0.4 is 10.1 Å². The molecule has 2 atom stereocenters. The third-order valence-corrected chi connectivity index (χ3v) is 4.55. The Morgan fingerprint density at radius 1 is 1.50 bits per heavy atom. The van der Waals surface area contributed by atoms with E-state index in [1.54, 1.807) is 12.1 Å². The highest BCUT2D eigenvalue weighted by molar-refractivity contribution is 5.29. The molecule has 1 aromatic rings. The van der Waals surface area contributed by atoms with Crippen LogP contribution in [-0.4, -0.2) is 30.9 Å². The highest BCUT2D eigenvalue weighted by Gasteiger charge is 2.40. The summed E-state index contributed by atoms with van der Waals surface area (Å²) in [5, 5.41) is 12.9. The second-order valence-electron chi connectivity index (χ2n) is 5.72. The molecular weight excluding hydrogens is 257 g/mol. The predicted octanol–water partition coefficient (Wildman–Crippen LogP) is 2.65. The first-order chi connectivity index (χ1) is 9.61. The van der Waals surface area contributed by atoms with Gasteiger partial charge in [0.15, 0.2) is 11.6 Å². The van der Waals surface area contributed by atoms with E-state index in [0.29, 0.717) is 18.3 Å². The Labute approximate surface area is 120 Å². The third kappa shape index (κ3) is 3.13. The number of likely N-dealkylation sites (N-methyl/N-ethyl adjacent to an activating group) is 1. The van der Waals surface area contributed by atoms with Gasteiger partial charge in [-0.05, 0) is 56.8 Å². The maximum absolute atomic E-state index is 13.6. The molecule has 1 fully saturated rings. The van der Waals surface area contributed by atoms with Crippen LogP contribution in [0.15, 0.2) is 18.2 Å². The van der Waals surface area contributed by atoms with Crippen molar-refractivity contribution in [1.82, 2.24) is 5.32 Å². The van der Waals surface area contributed by atoms with E-state index in [0.717, 1.165) is 31.2 Å². The molecule has 0 bridgehead atoms. The van der Waals surface area contributed by atoms with E-state index in [4.69, 9.17) is 4.74 Å². The summed E-state index contributed by atoms with van der Waals surface area (Å²) in [5.74, 6) is 0.386. The molecule has 1 aromatic carbocycles. The van der Waals surface area contributed by atoms with Crippen molar-refractivity contribution in [1.29, 1.82) is 0 Å². The minimum absolute atomic E-state index is 0.146. The summed E-state index contributed by atoms with van der Waals surface area (Å²) in [5.41, 5.74) is 0.802. The van der Waals surface area contributed by atoms with Crippen molar-refractivity contribution in [2.75, 3.05) is 20.3 Å². The average molecular weight is 281 g/mol. The van der Waals surface area contributed by atoms with Crippen LogP contribution in [0, 0.1) is 18.7 Å². The predicted molar refractivity (Wildman–Crippen MR) is 77.5 cm³/mol. The fraction of sp³-hybridized carbons (Fsp3) is 0.625. The van der Waals surface area contributed by atoms with E-state index < -0.39 is 0 Å². The Balaban J connectivity index is 1.91. The van der Waals surface area contributed by atoms with Gasteiger partial charge in [0.05, 0.1) is 13.2 Å². The molecule has 112 valence electrons. The van der Waals surface area contributed by atoms with Gasteiger partial charge in [-0.3, -0.25) is 0 Å². The van der Waals surface area contributed by atoms with Crippen LogP contribution in [0.4, 0.5) is 4.39 Å². The monoisotopic (exact) mass is 281 g/mol. The van der Waals surface area contributed by atoms with Crippen molar-refractivity contribution in [2.24, 2.45) is 5.92 Å². The number of nitrogens with one attached hydrogen (secondary N) is 1. The van der Waals surface area contributed by atoms with Crippen molar-refractivity contribution in [3.8, 4) is 5.75 Å². The molecule has 2 N–H and O–H groups in total. The smallest absolute Gasteiger partial charge is 0.165 e. The minimum Gasteiger partial charge on any atom is -0.490 e. The number of aryl methyl sites for hydroxylation is 1. The summed E-state index contributed by atoms with van der Waals surface area (Å²) < 4.78 is 19.2. The largest absolute Gasteiger partial charge is 0.490 e. The van der Waals surface area contributed by atoms with Crippen LogP contribution in [0.1, 0.15) is 31.2 Å². The molecule has 0 aliphatic heterocycles. The lowest BCUT2D eigenvalue weighted by atomic mass is 9.86. The van der Waals surface area contributed by atoms with Crippen molar-refractivity contribution in [3.63, 3.8) is 0 Å². The summed E-state index contributed by atoms with van der Waals surface area (Å²) in [6.07, 6.45) is 4.02. The van der Waals surface area contributed by atoms with Crippen LogP contribution in [0.3, 0.4) is 0 Å². The standard InChI is InChI=1S/C16H24FNO2/c1-12-5-6-14(17)15(10-12)20-9-7-13-4-3-8-16(13,11-19)18-2/h5-6,10,13,18-19H,3-4,7-9,11H2,1-2H3. The quantitative estimate of drug-likeness (QED) is 0.842. The van der Waals surface area contributed by atoms with Crippen molar-refractivity contribution >= 4 is 0 Å². The molecule has 0 aromatic heterocycles. The molecule has 0 heterocycles. The highest BCUT2D eigenvalue weighted by Crippen LogP contribution is 2.37. The molecule has 1 aliphatic carbocycles. The average Bonchev–Trinajstić information content (AvgIpc) is 2.86. The summed E-state index contributed by atoms with van der Waals surface area (Å²) in [6, 6.07) is 4.89. The van der Waals surface area contributed by atoms with Crippen LogP contribution in [0.5, 0.6) is 5.75 Å². The first-order valence-electron chi connectivity index (χ1n) is 7.30. The van der Waals surface area contributed by atoms with Gasteiger partial charge in [0.25, 0.3) is 0 Å². The third-order valence-electron chi connectivity index (χ3n) is 4.55. The summed E-state index contributed by atoms with van der Waals surface area (Å²) in [7, 11) is 1.90. The van der Waals surface area contributed by atoms with Crippen LogP contribution in [0.2, 0.25) is 0 Å². The Morgan fingerprint density at radius 2 is 2.30 bits per heavy atom. The number of halogens is 1. The number of ether oxygens (including phenoxy) is 1. The van der Waals surface area contributed by atoms with Gasteiger partial charge in [-0.2, -0.15) is 0 Å². The Kier molecular flexibility index (Phi) is 5.00. The van der Waals surface area contributed by atoms with E-state index >= 15 is 0 Å². The molecule has 0 radical (unpaired) electrons. The molecule has 0 spiro atoms. The maximum Gasteiger partial charge on any atom is 0.165 e. The normalized spacial score (nSPS) is 25.9. The second kappa shape index (κ2) is 6.55. The van der Waals surface area contributed by atoms with Gasteiger partial charge in [-0.25, -0.2) is 4.39 Å². The summed E-state index contributed by atoms with van der Waals surface area (Å²) >= 11 is 0. The van der Waals surface area contributed by atoms with Crippen molar-refractivity contribution < 1.29 is 14.2 Å². The number of aliphatic hydroxyl groups excluding tert-OH is 1. The van der Waals surface area contributed by atoms with Gasteiger partial charge in [-0.15, -0.1) is 0 Å². The van der Waals surface area contributed by atoms with Gasteiger partial charge in [0.2, 0.25) is 0 Å². The molecular formula is C16H24FNO2. The van der Waals surface area contributed by atoms with Gasteiger partial charge in [0.1, 0.15) is 0 Å². The van der Waals surface area contributed by atoms with Gasteiger partial charge < -0.3 is 15.2 Å². The molecule has 1 saturated carbocycles. The van der Waals surface area contributed by atoms with E-state index in [9.17, 15) is 9.50 Å². The molecule has 2 unspecified atom stereocenters. The van der Waals surface area contributed by atoms with Crippen molar-refractivity contribution in [3.05, 3.63) is 29.6 Å². The van der Waals surface area contributed by atoms with E-state index in [1.807, 2.05) is 14.0 Å². The molecule has 0 amide bonds. The lowest BCUT2D eigenvalue weighted by Gasteiger charge is -2.33. The second-order valence-corrected chi connectivity index (χ2v) is 5.72.